The van der Waals surface area contributed by atoms with Gasteiger partial charge in [-0.2, -0.15) is 9.46 Å². The van der Waals surface area contributed by atoms with E-state index in [1.807, 2.05) is 0 Å². The number of aryl methyl sites for hydroxylation is 1. The van der Waals surface area contributed by atoms with E-state index in [-0.39, 0.29) is 30.1 Å². The fraction of sp³-hybridized carbons (Fsp3) is 0.458. The third kappa shape index (κ3) is 6.00. The fourth-order valence-corrected chi connectivity index (χ4v) is 5.16. The molecule has 1 fully saturated rings. The highest BCUT2D eigenvalue weighted by molar-refractivity contribution is 7.93. The number of nitrogens with one attached hydrogen (secondary N) is 1. The molecule has 0 bridgehead atoms. The van der Waals surface area contributed by atoms with Gasteiger partial charge in [-0.3, -0.25) is 4.79 Å². The maximum Gasteiger partial charge on any atom is 0.286 e. The minimum atomic E-state index is -2.76. The van der Waals surface area contributed by atoms with Crippen LogP contribution in [0.2, 0.25) is 0 Å². The average Bonchev–Trinajstić information content (AvgIpc) is 3.18. The zero-order valence-corrected chi connectivity index (χ0v) is 21.3. The third-order valence-electron chi connectivity index (χ3n) is 6.13. The van der Waals surface area contributed by atoms with Gasteiger partial charge in [0.25, 0.3) is 5.91 Å². The Morgan fingerprint density at radius 3 is 2.81 bits per heavy atom. The van der Waals surface area contributed by atoms with Gasteiger partial charge in [0.15, 0.2) is 5.82 Å². The van der Waals surface area contributed by atoms with E-state index in [9.17, 15) is 18.5 Å². The summed E-state index contributed by atoms with van der Waals surface area (Å²) in [5.74, 6) is -0.204. The second-order valence-electron chi connectivity index (χ2n) is 8.94. The standard InChI is InChI=1S/C24H30FN5O5S/c1-15-19(24(32)29-36(3,33)11-10-34-2)13-30-22(15)23(26-14-27-30)28-20-9-4-16(25)12-21(20)35-18-7-5-17(31)6-8-18/h4,9,12-14,17-18,31H,5-8,10-11H2,1-3H3,(H,26,27,28). The van der Waals surface area contributed by atoms with Gasteiger partial charge in [0, 0.05) is 25.6 Å². The lowest BCUT2D eigenvalue weighted by atomic mass is 9.95. The van der Waals surface area contributed by atoms with Crippen LogP contribution in [-0.4, -0.2) is 67.8 Å². The van der Waals surface area contributed by atoms with Gasteiger partial charge < -0.3 is 19.9 Å². The van der Waals surface area contributed by atoms with Crippen LogP contribution in [0.1, 0.15) is 41.6 Å². The Balaban J connectivity index is 1.65. The van der Waals surface area contributed by atoms with Gasteiger partial charge in [0.1, 0.15) is 23.4 Å². The first-order chi connectivity index (χ1) is 17.2. The summed E-state index contributed by atoms with van der Waals surface area (Å²) in [5, 5.41) is 17.1. The third-order valence-corrected chi connectivity index (χ3v) is 7.61. The van der Waals surface area contributed by atoms with Crippen molar-refractivity contribution in [1.82, 2.24) is 14.6 Å². The monoisotopic (exact) mass is 519 g/mol. The number of amides is 1. The number of anilines is 2. The van der Waals surface area contributed by atoms with Crippen LogP contribution >= 0.6 is 0 Å². The highest BCUT2D eigenvalue weighted by Gasteiger charge is 2.23. The lowest BCUT2D eigenvalue weighted by molar-refractivity contribution is 0.0668. The van der Waals surface area contributed by atoms with Gasteiger partial charge in [-0.25, -0.2) is 18.1 Å². The summed E-state index contributed by atoms with van der Waals surface area (Å²) < 4.78 is 43.2. The molecule has 3 aromatic rings. The van der Waals surface area contributed by atoms with Crippen molar-refractivity contribution in [3.8, 4) is 5.75 Å². The van der Waals surface area contributed by atoms with Gasteiger partial charge in [0.2, 0.25) is 0 Å². The van der Waals surface area contributed by atoms with Crippen molar-refractivity contribution < 1.29 is 28.0 Å². The molecule has 0 aliphatic heterocycles. The highest BCUT2D eigenvalue weighted by atomic mass is 32.2. The van der Waals surface area contributed by atoms with Crippen molar-refractivity contribution >= 4 is 32.7 Å². The lowest BCUT2D eigenvalue weighted by Crippen LogP contribution is -2.26. The summed E-state index contributed by atoms with van der Waals surface area (Å²) in [6, 6.07) is 4.18. The maximum atomic E-state index is 14.1. The minimum absolute atomic E-state index is 0.135. The predicted molar refractivity (Wildman–Crippen MR) is 134 cm³/mol. The van der Waals surface area contributed by atoms with E-state index >= 15 is 0 Å². The molecule has 2 heterocycles. The summed E-state index contributed by atoms with van der Waals surface area (Å²) in [6.45, 7) is 1.96. The number of aliphatic hydroxyl groups excluding tert-OH is 1. The number of halogens is 1. The summed E-state index contributed by atoms with van der Waals surface area (Å²) >= 11 is 0. The maximum absolute atomic E-state index is 14.1. The Bertz CT molecular complexity index is 1380. The van der Waals surface area contributed by atoms with Crippen LogP contribution in [0.5, 0.6) is 5.75 Å². The molecule has 2 N–H and O–H groups in total. The van der Waals surface area contributed by atoms with E-state index in [0.717, 1.165) is 0 Å². The second kappa shape index (κ2) is 10.9. The predicted octanol–water partition coefficient (Wildman–Crippen LogP) is 3.49. The van der Waals surface area contributed by atoms with E-state index < -0.39 is 21.5 Å². The van der Waals surface area contributed by atoms with Crippen molar-refractivity contribution in [2.24, 2.45) is 4.36 Å². The Labute approximate surface area is 209 Å². The molecule has 1 unspecified atom stereocenters. The van der Waals surface area contributed by atoms with Crippen LogP contribution in [0.15, 0.2) is 35.1 Å². The number of aromatic nitrogens is 3. The minimum Gasteiger partial charge on any atom is -0.488 e. The molecule has 0 radical (unpaired) electrons. The number of methoxy groups -OCH3 is 1. The Kier molecular flexibility index (Phi) is 7.86. The number of carbonyl (C=O) groups is 1. The number of carbonyl (C=O) groups excluding carboxylic acids is 1. The van der Waals surface area contributed by atoms with Crippen molar-refractivity contribution in [2.45, 2.75) is 44.8 Å². The molecule has 36 heavy (non-hydrogen) atoms. The quantitative estimate of drug-likeness (QED) is 0.463. The van der Waals surface area contributed by atoms with E-state index in [2.05, 4.69) is 19.8 Å². The first-order valence-corrected chi connectivity index (χ1v) is 13.7. The van der Waals surface area contributed by atoms with Crippen LogP contribution < -0.4 is 10.1 Å². The summed E-state index contributed by atoms with van der Waals surface area (Å²) in [4.78, 5) is 17.2. The number of aliphatic hydroxyl groups is 1. The Morgan fingerprint density at radius 1 is 1.33 bits per heavy atom. The number of fused-ring (bicyclic) bond motifs is 1. The SMILES string of the molecule is COCCS(C)(=O)=NC(=O)c1cn2ncnc(Nc3ccc(F)cc3OC3CCC(O)CC3)c2c1C. The van der Waals surface area contributed by atoms with E-state index in [0.29, 0.717) is 54.0 Å². The molecule has 1 aliphatic carbocycles. The fourth-order valence-electron chi connectivity index (χ4n) is 4.14. The number of hydrogen-bond acceptors (Lipinski definition) is 8. The van der Waals surface area contributed by atoms with E-state index in [4.69, 9.17) is 9.47 Å². The van der Waals surface area contributed by atoms with Gasteiger partial charge in [-0.05, 0) is 50.3 Å². The summed E-state index contributed by atoms with van der Waals surface area (Å²) in [6.07, 6.45) is 6.42. The molecular weight excluding hydrogens is 489 g/mol. The number of rotatable bonds is 8. The molecule has 2 aromatic heterocycles. The zero-order valence-electron chi connectivity index (χ0n) is 20.4. The number of nitrogens with zero attached hydrogens (tertiary/aromatic N) is 4. The van der Waals surface area contributed by atoms with Crippen LogP contribution in [0.25, 0.3) is 5.52 Å². The zero-order chi connectivity index (χ0) is 25.9. The van der Waals surface area contributed by atoms with Crippen LogP contribution in [0.4, 0.5) is 15.9 Å². The van der Waals surface area contributed by atoms with Gasteiger partial charge in [-0.1, -0.05) is 0 Å². The first-order valence-electron chi connectivity index (χ1n) is 11.6. The lowest BCUT2D eigenvalue weighted by Gasteiger charge is -2.27. The second-order valence-corrected chi connectivity index (χ2v) is 11.4. The number of benzene rings is 1. The van der Waals surface area contributed by atoms with Crippen molar-refractivity contribution in [3.05, 3.63) is 47.7 Å². The molecule has 0 saturated heterocycles. The average molecular weight is 520 g/mol. The number of hydrogen-bond donors (Lipinski definition) is 2. The molecular formula is C24H30FN5O5S. The van der Waals surface area contributed by atoms with E-state index in [1.54, 1.807) is 13.0 Å². The molecule has 1 aliphatic rings. The van der Waals surface area contributed by atoms with Crippen LogP contribution in [-0.2, 0) is 14.5 Å². The molecule has 10 nitrogen and oxygen atoms in total. The van der Waals surface area contributed by atoms with Crippen molar-refractivity contribution in [2.75, 3.05) is 31.0 Å². The molecule has 1 amide bonds. The normalized spacial score (nSPS) is 19.6. The summed E-state index contributed by atoms with van der Waals surface area (Å²) in [7, 11) is -1.27. The largest absolute Gasteiger partial charge is 0.488 e. The molecule has 12 heteroatoms. The summed E-state index contributed by atoms with van der Waals surface area (Å²) in [5.41, 5.74) is 1.82. The van der Waals surface area contributed by atoms with Crippen molar-refractivity contribution in [3.63, 3.8) is 0 Å². The van der Waals surface area contributed by atoms with Gasteiger partial charge in [0.05, 0.1) is 45.5 Å². The smallest absolute Gasteiger partial charge is 0.286 e. The molecule has 0 spiro atoms. The molecule has 1 aromatic carbocycles. The first kappa shape index (κ1) is 26.0. The molecule has 194 valence electrons. The van der Waals surface area contributed by atoms with Crippen LogP contribution in [0.3, 0.4) is 0 Å². The molecule has 1 atom stereocenters. The van der Waals surface area contributed by atoms with E-state index in [1.165, 1.54) is 42.5 Å². The van der Waals surface area contributed by atoms with Crippen LogP contribution in [0, 0.1) is 12.7 Å². The van der Waals surface area contributed by atoms with Gasteiger partial charge in [-0.15, -0.1) is 0 Å². The molecule has 1 saturated carbocycles. The topological polar surface area (TPSA) is 127 Å². The van der Waals surface area contributed by atoms with Gasteiger partial charge >= 0.3 is 0 Å². The molecule has 4 rings (SSSR count). The van der Waals surface area contributed by atoms with Crippen molar-refractivity contribution in [1.29, 1.82) is 0 Å². The number of ether oxygens (including phenoxy) is 2. The Morgan fingerprint density at radius 2 is 2.08 bits per heavy atom. The Hall–Kier alpha value is -3.09. The highest BCUT2D eigenvalue weighted by Crippen LogP contribution is 2.34.